The van der Waals surface area contributed by atoms with Gasteiger partial charge in [0.1, 0.15) is 0 Å². The first-order valence-corrected chi connectivity index (χ1v) is 10.1. The van der Waals surface area contributed by atoms with Crippen molar-refractivity contribution in [2.45, 2.75) is 26.4 Å². The van der Waals surface area contributed by atoms with Crippen LogP contribution in [0.25, 0.3) is 0 Å². The van der Waals surface area contributed by atoms with Gasteiger partial charge in [0.15, 0.2) is 0 Å². The molecule has 0 radical (unpaired) electrons. The van der Waals surface area contributed by atoms with Crippen molar-refractivity contribution >= 4 is 46.4 Å². The van der Waals surface area contributed by atoms with Gasteiger partial charge in [0, 0.05) is 20.1 Å². The lowest BCUT2D eigenvalue weighted by molar-refractivity contribution is 0.103. The minimum absolute atomic E-state index is 0.441. The van der Waals surface area contributed by atoms with E-state index in [1.807, 2.05) is 42.5 Å². The molecule has 28 heavy (non-hydrogen) atoms. The molecule has 3 aromatic carbocycles. The number of halogens is 4. The van der Waals surface area contributed by atoms with Crippen LogP contribution in [0.4, 0.5) is 0 Å². The smallest absolute Gasteiger partial charge is 0.0722 e. The average Bonchev–Trinajstić information content (AvgIpc) is 2.60. The van der Waals surface area contributed by atoms with Gasteiger partial charge in [-0.15, -0.1) is 0 Å². The van der Waals surface area contributed by atoms with E-state index in [2.05, 4.69) is 6.07 Å². The van der Waals surface area contributed by atoms with Crippen LogP contribution in [0.3, 0.4) is 0 Å². The molecule has 3 rings (SSSR count). The van der Waals surface area contributed by atoms with Gasteiger partial charge >= 0.3 is 0 Å². The second kappa shape index (κ2) is 10.5. The standard InChI is InChI=1S/C22H18Cl4O2/c23-19-5-17(6-20(24)9-19)13-27-11-15-2-1-3-16(4-15)12-28-14-18-7-21(25)10-22(26)8-18/h1-10H,11-14H2. The summed E-state index contributed by atoms with van der Waals surface area (Å²) < 4.78 is 11.6. The van der Waals surface area contributed by atoms with E-state index in [-0.39, 0.29) is 0 Å². The molecule has 3 aromatic rings. The summed E-state index contributed by atoms with van der Waals surface area (Å²) in [6.45, 7) is 1.86. The van der Waals surface area contributed by atoms with Gasteiger partial charge in [-0.3, -0.25) is 0 Å². The van der Waals surface area contributed by atoms with Crippen LogP contribution in [0.2, 0.25) is 20.1 Å². The summed E-state index contributed by atoms with van der Waals surface area (Å²) >= 11 is 24.0. The molecule has 0 fully saturated rings. The summed E-state index contributed by atoms with van der Waals surface area (Å²) in [6.07, 6.45) is 0. The zero-order valence-corrected chi connectivity index (χ0v) is 18.0. The third-order valence-corrected chi connectivity index (χ3v) is 4.78. The number of rotatable bonds is 8. The van der Waals surface area contributed by atoms with Crippen molar-refractivity contribution in [3.63, 3.8) is 0 Å². The molecule has 0 saturated heterocycles. The molecule has 0 atom stereocenters. The van der Waals surface area contributed by atoms with Crippen LogP contribution in [0, 0.1) is 0 Å². The molecular weight excluding hydrogens is 438 g/mol. The Balaban J connectivity index is 1.49. The van der Waals surface area contributed by atoms with Crippen molar-refractivity contribution < 1.29 is 9.47 Å². The zero-order chi connectivity index (χ0) is 19.9. The van der Waals surface area contributed by atoms with E-state index in [0.717, 1.165) is 22.3 Å². The monoisotopic (exact) mass is 454 g/mol. The maximum Gasteiger partial charge on any atom is 0.0722 e. The van der Waals surface area contributed by atoms with Crippen LogP contribution in [-0.2, 0) is 35.9 Å². The Labute approximate surface area is 184 Å². The Morgan fingerprint density at radius 1 is 0.464 bits per heavy atom. The average molecular weight is 456 g/mol. The van der Waals surface area contributed by atoms with Crippen LogP contribution in [-0.4, -0.2) is 0 Å². The lowest BCUT2D eigenvalue weighted by Crippen LogP contribution is -1.98. The highest BCUT2D eigenvalue weighted by Gasteiger charge is 2.02. The van der Waals surface area contributed by atoms with Gasteiger partial charge in [-0.25, -0.2) is 0 Å². The molecule has 6 heteroatoms. The first-order chi connectivity index (χ1) is 13.5. The predicted molar refractivity (Wildman–Crippen MR) is 116 cm³/mol. The highest BCUT2D eigenvalue weighted by atomic mass is 35.5. The van der Waals surface area contributed by atoms with Gasteiger partial charge in [-0.2, -0.15) is 0 Å². The molecule has 0 heterocycles. The minimum atomic E-state index is 0.441. The van der Waals surface area contributed by atoms with Crippen LogP contribution in [0.5, 0.6) is 0 Å². The minimum Gasteiger partial charge on any atom is -0.372 e. The molecule has 146 valence electrons. The molecule has 0 aliphatic carbocycles. The Kier molecular flexibility index (Phi) is 8.04. The second-order valence-corrected chi connectivity index (χ2v) is 8.11. The summed E-state index contributed by atoms with van der Waals surface area (Å²) in [5.41, 5.74) is 4.02. The summed E-state index contributed by atoms with van der Waals surface area (Å²) in [5, 5.41) is 2.41. The quantitative estimate of drug-likeness (QED) is 0.345. The SMILES string of the molecule is Clc1cc(Cl)cc(COCc2cccc(COCc3cc(Cl)cc(Cl)c3)c2)c1. The third kappa shape index (κ3) is 6.97. The molecule has 0 bridgehead atoms. The Hall–Kier alpha value is -1.26. The van der Waals surface area contributed by atoms with Crippen LogP contribution in [0.15, 0.2) is 60.7 Å². The van der Waals surface area contributed by atoms with E-state index in [1.165, 1.54) is 0 Å². The van der Waals surface area contributed by atoms with Crippen LogP contribution >= 0.6 is 46.4 Å². The topological polar surface area (TPSA) is 18.5 Å². The first kappa shape index (κ1) is 21.4. The molecule has 0 spiro atoms. The molecule has 0 amide bonds. The Morgan fingerprint density at radius 2 is 0.821 bits per heavy atom. The highest BCUT2D eigenvalue weighted by Crippen LogP contribution is 2.21. The maximum atomic E-state index is 6.01. The summed E-state index contributed by atoms with van der Waals surface area (Å²) in [7, 11) is 0. The van der Waals surface area contributed by atoms with Crippen molar-refractivity contribution in [3.05, 3.63) is 103 Å². The fourth-order valence-corrected chi connectivity index (χ4v) is 3.91. The molecule has 0 unspecified atom stereocenters. The van der Waals surface area contributed by atoms with Crippen LogP contribution in [0.1, 0.15) is 22.3 Å². The van der Waals surface area contributed by atoms with E-state index in [1.54, 1.807) is 12.1 Å². The molecule has 2 nitrogen and oxygen atoms in total. The second-order valence-electron chi connectivity index (χ2n) is 6.36. The van der Waals surface area contributed by atoms with Crippen LogP contribution < -0.4 is 0 Å². The lowest BCUT2D eigenvalue weighted by Gasteiger charge is -2.09. The van der Waals surface area contributed by atoms with E-state index in [4.69, 9.17) is 55.9 Å². The fourth-order valence-electron chi connectivity index (χ4n) is 2.77. The predicted octanol–water partition coefficient (Wildman–Crippen LogP) is 7.73. The maximum absolute atomic E-state index is 6.01. The van der Waals surface area contributed by atoms with Gasteiger partial charge < -0.3 is 9.47 Å². The Bertz CT molecular complexity index is 830. The number of ether oxygens (including phenoxy) is 2. The highest BCUT2D eigenvalue weighted by molar-refractivity contribution is 6.35. The zero-order valence-electron chi connectivity index (χ0n) is 14.9. The summed E-state index contributed by atoms with van der Waals surface area (Å²) in [4.78, 5) is 0. The van der Waals surface area contributed by atoms with E-state index in [0.29, 0.717) is 46.5 Å². The molecule has 0 N–H and O–H groups in total. The van der Waals surface area contributed by atoms with Gasteiger partial charge in [0.2, 0.25) is 0 Å². The molecule has 0 aliphatic rings. The number of benzene rings is 3. The molecule has 0 saturated carbocycles. The van der Waals surface area contributed by atoms with Crippen molar-refractivity contribution in [2.24, 2.45) is 0 Å². The van der Waals surface area contributed by atoms with Gasteiger partial charge in [0.05, 0.1) is 26.4 Å². The molecular formula is C22H18Cl4O2. The van der Waals surface area contributed by atoms with Gasteiger partial charge in [0.25, 0.3) is 0 Å². The molecule has 0 aliphatic heterocycles. The van der Waals surface area contributed by atoms with Gasteiger partial charge in [-0.1, -0.05) is 70.7 Å². The normalized spacial score (nSPS) is 11.0. The number of hydrogen-bond acceptors (Lipinski definition) is 2. The third-order valence-electron chi connectivity index (χ3n) is 3.91. The van der Waals surface area contributed by atoms with E-state index >= 15 is 0 Å². The molecule has 0 aromatic heterocycles. The first-order valence-electron chi connectivity index (χ1n) is 8.61. The van der Waals surface area contributed by atoms with E-state index in [9.17, 15) is 0 Å². The summed E-state index contributed by atoms with van der Waals surface area (Å²) in [5.74, 6) is 0. The fraction of sp³-hybridized carbons (Fsp3) is 0.182. The van der Waals surface area contributed by atoms with Crippen molar-refractivity contribution in [3.8, 4) is 0 Å². The largest absolute Gasteiger partial charge is 0.372 e. The Morgan fingerprint density at radius 3 is 1.21 bits per heavy atom. The van der Waals surface area contributed by atoms with Crippen molar-refractivity contribution in [1.82, 2.24) is 0 Å². The van der Waals surface area contributed by atoms with Crippen molar-refractivity contribution in [1.29, 1.82) is 0 Å². The van der Waals surface area contributed by atoms with Gasteiger partial charge in [-0.05, 0) is 58.7 Å². The number of hydrogen-bond donors (Lipinski definition) is 0. The van der Waals surface area contributed by atoms with Crippen molar-refractivity contribution in [2.75, 3.05) is 0 Å². The lowest BCUT2D eigenvalue weighted by atomic mass is 10.1. The van der Waals surface area contributed by atoms with E-state index < -0.39 is 0 Å². The summed E-state index contributed by atoms with van der Waals surface area (Å²) in [6, 6.07) is 18.9.